The van der Waals surface area contributed by atoms with Crippen molar-refractivity contribution in [1.82, 2.24) is 20.0 Å². The average molecular weight is 280 g/mol. The summed E-state index contributed by atoms with van der Waals surface area (Å²) in [5.74, 6) is 0.0943. The van der Waals surface area contributed by atoms with Gasteiger partial charge in [-0.05, 0) is 20.8 Å². The Morgan fingerprint density at radius 3 is 3.00 bits per heavy atom. The molecule has 0 aliphatic rings. The molecule has 0 radical (unpaired) electrons. The summed E-state index contributed by atoms with van der Waals surface area (Å²) in [4.78, 5) is 16.9. The summed E-state index contributed by atoms with van der Waals surface area (Å²) < 4.78 is 2.18. The average Bonchev–Trinajstić information content (AvgIpc) is 2.86. The van der Waals surface area contributed by atoms with Gasteiger partial charge >= 0.3 is 0 Å². The molecule has 1 amide bonds. The van der Waals surface area contributed by atoms with E-state index in [0.29, 0.717) is 19.5 Å². The molecule has 0 saturated heterocycles. The van der Waals surface area contributed by atoms with Crippen LogP contribution >= 0.6 is 11.3 Å². The van der Waals surface area contributed by atoms with Crippen LogP contribution in [0.25, 0.3) is 4.96 Å². The smallest absolute Gasteiger partial charge is 0.221 e. The van der Waals surface area contributed by atoms with E-state index in [-0.39, 0.29) is 5.91 Å². The maximum Gasteiger partial charge on any atom is 0.221 e. The minimum Gasteiger partial charge on any atom is -0.356 e. The van der Waals surface area contributed by atoms with Gasteiger partial charge in [-0.25, -0.2) is 4.98 Å². The summed E-state index contributed by atoms with van der Waals surface area (Å²) in [5.41, 5.74) is 3.45. The number of aryl methyl sites for hydroxylation is 2. The van der Waals surface area contributed by atoms with Gasteiger partial charge in [0.15, 0.2) is 4.96 Å². The van der Waals surface area contributed by atoms with Crippen LogP contribution < -0.4 is 10.6 Å². The number of amides is 1. The van der Waals surface area contributed by atoms with Crippen molar-refractivity contribution in [2.24, 2.45) is 0 Å². The van der Waals surface area contributed by atoms with Crippen LogP contribution in [0.4, 0.5) is 0 Å². The Kier molecular flexibility index (Phi) is 4.55. The van der Waals surface area contributed by atoms with Crippen molar-refractivity contribution in [3.8, 4) is 0 Å². The zero-order valence-electron chi connectivity index (χ0n) is 11.6. The van der Waals surface area contributed by atoms with E-state index >= 15 is 0 Å². The van der Waals surface area contributed by atoms with Crippen molar-refractivity contribution in [2.75, 3.05) is 13.1 Å². The molecule has 5 nitrogen and oxygen atoms in total. The Balaban J connectivity index is 1.93. The van der Waals surface area contributed by atoms with Crippen molar-refractivity contribution >= 4 is 22.2 Å². The lowest BCUT2D eigenvalue weighted by Gasteiger charge is -2.06. The molecule has 0 fully saturated rings. The molecule has 6 heteroatoms. The fourth-order valence-electron chi connectivity index (χ4n) is 2.07. The summed E-state index contributed by atoms with van der Waals surface area (Å²) >= 11 is 1.66. The van der Waals surface area contributed by atoms with Crippen LogP contribution in [0.2, 0.25) is 0 Å². The maximum absolute atomic E-state index is 11.3. The van der Waals surface area contributed by atoms with Gasteiger partial charge in [-0.15, -0.1) is 11.3 Å². The number of rotatable bonds is 6. The fraction of sp³-hybridized carbons (Fsp3) is 0.538. The molecule has 0 saturated carbocycles. The van der Waals surface area contributed by atoms with Crippen molar-refractivity contribution in [3.05, 3.63) is 22.5 Å². The maximum atomic E-state index is 11.3. The topological polar surface area (TPSA) is 58.4 Å². The highest BCUT2D eigenvalue weighted by Gasteiger charge is 2.11. The SMILES string of the molecule is CCNC(=O)CCNCc1c(C)nc2scc(C)n12. The number of carbonyl (C=O) groups excluding carboxylic acids is 1. The van der Waals surface area contributed by atoms with Gasteiger partial charge in [-0.1, -0.05) is 0 Å². The molecule has 0 unspecified atom stereocenters. The first-order valence-electron chi connectivity index (χ1n) is 6.53. The normalized spacial score (nSPS) is 11.1. The number of nitrogens with one attached hydrogen (secondary N) is 2. The number of imidazole rings is 1. The minimum absolute atomic E-state index is 0.0943. The predicted octanol–water partition coefficient (Wildman–Crippen LogP) is 1.63. The van der Waals surface area contributed by atoms with Crippen molar-refractivity contribution in [1.29, 1.82) is 0 Å². The third-order valence-corrected chi connectivity index (χ3v) is 3.97. The Morgan fingerprint density at radius 2 is 2.26 bits per heavy atom. The number of fused-ring (bicyclic) bond motifs is 1. The zero-order chi connectivity index (χ0) is 13.8. The lowest BCUT2D eigenvalue weighted by Crippen LogP contribution is -2.27. The summed E-state index contributed by atoms with van der Waals surface area (Å²) in [6.45, 7) is 8.15. The van der Waals surface area contributed by atoms with E-state index in [4.69, 9.17) is 0 Å². The molecule has 2 aromatic rings. The minimum atomic E-state index is 0.0943. The number of aromatic nitrogens is 2. The van der Waals surface area contributed by atoms with Crippen LogP contribution in [0.5, 0.6) is 0 Å². The number of hydrogen-bond donors (Lipinski definition) is 2. The summed E-state index contributed by atoms with van der Waals surface area (Å²) in [5, 5.41) is 8.21. The number of hydrogen-bond acceptors (Lipinski definition) is 4. The Hall–Kier alpha value is -1.40. The third kappa shape index (κ3) is 3.13. The highest BCUT2D eigenvalue weighted by atomic mass is 32.1. The predicted molar refractivity (Wildman–Crippen MR) is 77.6 cm³/mol. The molecule has 0 atom stereocenters. The summed E-state index contributed by atoms with van der Waals surface area (Å²) in [6, 6.07) is 0. The van der Waals surface area contributed by atoms with Gasteiger partial charge in [0, 0.05) is 37.1 Å². The molecule has 2 aromatic heterocycles. The molecule has 19 heavy (non-hydrogen) atoms. The van der Waals surface area contributed by atoms with Gasteiger partial charge in [0.1, 0.15) is 0 Å². The third-order valence-electron chi connectivity index (χ3n) is 3.03. The first-order chi connectivity index (χ1) is 9.13. The Morgan fingerprint density at radius 1 is 1.47 bits per heavy atom. The molecule has 0 aliphatic carbocycles. The first kappa shape index (κ1) is 14.0. The highest BCUT2D eigenvalue weighted by Crippen LogP contribution is 2.20. The van der Waals surface area contributed by atoms with Crippen LogP contribution in [-0.4, -0.2) is 28.4 Å². The largest absolute Gasteiger partial charge is 0.356 e. The molecule has 2 rings (SSSR count). The van der Waals surface area contributed by atoms with Crippen LogP contribution in [-0.2, 0) is 11.3 Å². The van der Waals surface area contributed by atoms with E-state index in [1.54, 1.807) is 11.3 Å². The molecular formula is C13H20N4OS. The van der Waals surface area contributed by atoms with Crippen LogP contribution in [0, 0.1) is 13.8 Å². The van der Waals surface area contributed by atoms with Crippen molar-refractivity contribution in [3.63, 3.8) is 0 Å². The quantitative estimate of drug-likeness (QED) is 0.791. The van der Waals surface area contributed by atoms with Gasteiger partial charge < -0.3 is 10.6 Å². The van der Waals surface area contributed by atoms with Crippen molar-refractivity contribution < 1.29 is 4.79 Å². The first-order valence-corrected chi connectivity index (χ1v) is 7.41. The Bertz CT molecular complexity index is 572. The standard InChI is InChI=1S/C13H20N4OS/c1-4-15-12(18)5-6-14-7-11-10(3)16-13-17(11)9(2)8-19-13/h8,14H,4-7H2,1-3H3,(H,15,18). The van der Waals surface area contributed by atoms with Gasteiger partial charge in [0.25, 0.3) is 0 Å². The lowest BCUT2D eigenvalue weighted by atomic mass is 10.3. The molecular weight excluding hydrogens is 260 g/mol. The van der Waals surface area contributed by atoms with Crippen molar-refractivity contribution in [2.45, 2.75) is 33.7 Å². The molecule has 0 aliphatic heterocycles. The molecule has 2 heterocycles. The number of carbonyl (C=O) groups is 1. The molecule has 2 N–H and O–H groups in total. The Labute approximate surface area is 117 Å². The molecule has 104 valence electrons. The second-order valence-electron chi connectivity index (χ2n) is 4.52. The van der Waals surface area contributed by atoms with E-state index in [9.17, 15) is 4.79 Å². The molecule has 0 spiro atoms. The van der Waals surface area contributed by atoms with Gasteiger partial charge in [0.05, 0.1) is 11.4 Å². The number of nitrogens with zero attached hydrogens (tertiary/aromatic N) is 2. The highest BCUT2D eigenvalue weighted by molar-refractivity contribution is 7.15. The van der Waals surface area contributed by atoms with E-state index in [1.165, 1.54) is 11.4 Å². The van der Waals surface area contributed by atoms with Crippen LogP contribution in [0.3, 0.4) is 0 Å². The molecule has 0 aromatic carbocycles. The summed E-state index contributed by atoms with van der Waals surface area (Å²) in [7, 11) is 0. The van der Waals surface area contributed by atoms with Gasteiger partial charge in [0.2, 0.25) is 5.91 Å². The van der Waals surface area contributed by atoms with Gasteiger partial charge in [-0.3, -0.25) is 9.20 Å². The van der Waals surface area contributed by atoms with E-state index in [0.717, 1.165) is 17.2 Å². The van der Waals surface area contributed by atoms with E-state index < -0.39 is 0 Å². The monoisotopic (exact) mass is 280 g/mol. The zero-order valence-corrected chi connectivity index (χ0v) is 12.4. The van der Waals surface area contributed by atoms with Crippen LogP contribution in [0.1, 0.15) is 30.4 Å². The van der Waals surface area contributed by atoms with Gasteiger partial charge in [-0.2, -0.15) is 0 Å². The van der Waals surface area contributed by atoms with E-state index in [1.807, 2.05) is 13.8 Å². The van der Waals surface area contributed by atoms with E-state index in [2.05, 4.69) is 32.3 Å². The number of thiazole rings is 1. The summed E-state index contributed by atoms with van der Waals surface area (Å²) in [6.07, 6.45) is 0.511. The lowest BCUT2D eigenvalue weighted by molar-refractivity contribution is -0.120. The molecule has 0 bridgehead atoms. The second kappa shape index (κ2) is 6.16. The fourth-order valence-corrected chi connectivity index (χ4v) is 3.00. The van der Waals surface area contributed by atoms with Crippen LogP contribution in [0.15, 0.2) is 5.38 Å². The second-order valence-corrected chi connectivity index (χ2v) is 5.36.